The number of carbonyl (C=O) groups is 1. The molecule has 5 rings (SSSR count). The highest BCUT2D eigenvalue weighted by atomic mass is 16.5. The van der Waals surface area contributed by atoms with Gasteiger partial charge in [0.15, 0.2) is 11.5 Å². The number of methoxy groups -OCH3 is 1. The molecular weight excluding hydrogens is 548 g/mol. The number of aromatic nitrogens is 2. The molecule has 3 heterocycles. The van der Waals surface area contributed by atoms with E-state index in [1.54, 1.807) is 13.4 Å². The van der Waals surface area contributed by atoms with Crippen LogP contribution in [-0.2, 0) is 4.74 Å². The van der Waals surface area contributed by atoms with E-state index in [1.807, 2.05) is 55.1 Å². The minimum absolute atomic E-state index is 0.0999. The van der Waals surface area contributed by atoms with Crippen LogP contribution in [0.3, 0.4) is 0 Å². The molecule has 2 N–H and O–H groups in total. The maximum absolute atomic E-state index is 13.0. The van der Waals surface area contributed by atoms with E-state index in [0.717, 1.165) is 41.1 Å². The van der Waals surface area contributed by atoms with Crippen LogP contribution in [-0.4, -0.2) is 92.7 Å². The highest BCUT2D eigenvalue weighted by Crippen LogP contribution is 2.36. The second-order valence-electron chi connectivity index (χ2n) is 11.2. The number of carbonyl (C=O) groups excluding carboxylic acids is 1. The van der Waals surface area contributed by atoms with Crippen LogP contribution >= 0.6 is 0 Å². The second kappa shape index (κ2) is 15.1. The number of rotatable bonds is 12. The van der Waals surface area contributed by atoms with E-state index in [9.17, 15) is 4.79 Å². The zero-order chi connectivity index (χ0) is 30.0. The summed E-state index contributed by atoms with van der Waals surface area (Å²) in [6, 6.07) is 11.7. The molecule has 11 heteroatoms. The molecule has 1 atom stereocenters. The fourth-order valence-electron chi connectivity index (χ4n) is 5.46. The third kappa shape index (κ3) is 8.39. The molecule has 43 heavy (non-hydrogen) atoms. The minimum atomic E-state index is -0.120. The van der Waals surface area contributed by atoms with Gasteiger partial charge in [-0.15, -0.1) is 0 Å². The van der Waals surface area contributed by atoms with Gasteiger partial charge in [-0.2, -0.15) is 0 Å². The lowest BCUT2D eigenvalue weighted by atomic mass is 10.0. The number of urea groups is 1. The summed E-state index contributed by atoms with van der Waals surface area (Å²) in [6.45, 7) is 8.97. The van der Waals surface area contributed by atoms with Gasteiger partial charge in [0, 0.05) is 56.5 Å². The Morgan fingerprint density at radius 3 is 2.49 bits per heavy atom. The fourth-order valence-corrected chi connectivity index (χ4v) is 5.46. The van der Waals surface area contributed by atoms with Crippen molar-refractivity contribution >= 4 is 28.4 Å². The van der Waals surface area contributed by atoms with Crippen molar-refractivity contribution in [2.45, 2.75) is 51.7 Å². The first-order valence-electron chi connectivity index (χ1n) is 15.3. The van der Waals surface area contributed by atoms with Crippen molar-refractivity contribution in [3.63, 3.8) is 0 Å². The number of anilines is 2. The average molecular weight is 593 g/mol. The number of nitrogens with zero attached hydrogens (tertiary/aromatic N) is 4. The first-order chi connectivity index (χ1) is 21.0. The standard InChI is InChI=1S/C32H44N6O5/c1-23(2)43-26-9-7-25(8-10-26)36-32(39)38-15-13-37(14-16-38)31-27-20-29(41-17-11-24-6-4-5-12-33-24)30(42-19-18-40-3)21-28(27)34-22-35-31/h7-10,20-24,33H,4-6,11-19H2,1-3H3,(H,36,39). The Kier molecular flexibility index (Phi) is 10.7. The Morgan fingerprint density at radius 2 is 1.77 bits per heavy atom. The lowest BCUT2D eigenvalue weighted by molar-refractivity contribution is 0.143. The van der Waals surface area contributed by atoms with E-state index >= 15 is 0 Å². The van der Waals surface area contributed by atoms with Crippen molar-refractivity contribution in [1.82, 2.24) is 20.2 Å². The number of piperidine rings is 1. The topological polar surface area (TPSA) is 110 Å². The SMILES string of the molecule is COCCOc1cc2ncnc(N3CCN(C(=O)Nc4ccc(OC(C)C)cc4)CC3)c2cc1OCCC1CCCCN1. The number of fused-ring (bicyclic) bond motifs is 1. The molecule has 232 valence electrons. The highest BCUT2D eigenvalue weighted by Gasteiger charge is 2.24. The van der Waals surface area contributed by atoms with Crippen LogP contribution in [0, 0.1) is 0 Å². The molecule has 0 saturated carbocycles. The fraction of sp³-hybridized carbons (Fsp3) is 0.531. The number of hydrogen-bond donors (Lipinski definition) is 2. The van der Waals surface area contributed by atoms with Crippen LogP contribution in [0.1, 0.15) is 39.5 Å². The molecule has 0 aliphatic carbocycles. The van der Waals surface area contributed by atoms with E-state index in [0.29, 0.717) is 63.5 Å². The number of ether oxygens (including phenoxy) is 4. The summed E-state index contributed by atoms with van der Waals surface area (Å²) < 4.78 is 23.2. The van der Waals surface area contributed by atoms with E-state index < -0.39 is 0 Å². The second-order valence-corrected chi connectivity index (χ2v) is 11.2. The molecule has 2 fully saturated rings. The molecule has 1 unspecified atom stereocenters. The van der Waals surface area contributed by atoms with Gasteiger partial charge < -0.3 is 39.4 Å². The van der Waals surface area contributed by atoms with Gasteiger partial charge in [-0.25, -0.2) is 14.8 Å². The Bertz CT molecular complexity index is 1320. The van der Waals surface area contributed by atoms with Crippen LogP contribution in [0.2, 0.25) is 0 Å². The molecule has 2 aliphatic heterocycles. The van der Waals surface area contributed by atoms with E-state index in [1.165, 1.54) is 19.3 Å². The molecule has 0 spiro atoms. The van der Waals surface area contributed by atoms with Gasteiger partial charge in [-0.05, 0) is 70.0 Å². The Hall–Kier alpha value is -3.83. The molecule has 2 amide bonds. The first kappa shape index (κ1) is 30.6. The monoisotopic (exact) mass is 592 g/mol. The van der Waals surface area contributed by atoms with Crippen molar-refractivity contribution in [3.05, 3.63) is 42.7 Å². The van der Waals surface area contributed by atoms with E-state index in [4.69, 9.17) is 18.9 Å². The summed E-state index contributed by atoms with van der Waals surface area (Å²) >= 11 is 0. The molecule has 1 aromatic heterocycles. The predicted octanol–water partition coefficient (Wildman–Crippen LogP) is 4.71. The lowest BCUT2D eigenvalue weighted by Gasteiger charge is -2.35. The molecule has 11 nitrogen and oxygen atoms in total. The third-order valence-corrected chi connectivity index (χ3v) is 7.70. The van der Waals surface area contributed by atoms with Crippen molar-refractivity contribution in [2.24, 2.45) is 0 Å². The Balaban J connectivity index is 1.24. The molecule has 0 radical (unpaired) electrons. The zero-order valence-corrected chi connectivity index (χ0v) is 25.5. The van der Waals surface area contributed by atoms with Gasteiger partial charge in [0.05, 0.1) is 24.8 Å². The van der Waals surface area contributed by atoms with E-state index in [2.05, 4.69) is 25.5 Å². The largest absolute Gasteiger partial charge is 0.491 e. The van der Waals surface area contributed by atoms with Gasteiger partial charge >= 0.3 is 6.03 Å². The highest BCUT2D eigenvalue weighted by molar-refractivity contribution is 5.92. The third-order valence-electron chi connectivity index (χ3n) is 7.70. The smallest absolute Gasteiger partial charge is 0.321 e. The molecule has 2 aromatic carbocycles. The summed E-state index contributed by atoms with van der Waals surface area (Å²) in [6.07, 6.45) is 6.30. The van der Waals surface area contributed by atoms with E-state index in [-0.39, 0.29) is 12.1 Å². The molecule has 2 aliphatic rings. The molecule has 0 bridgehead atoms. The van der Waals surface area contributed by atoms with Crippen molar-refractivity contribution in [2.75, 3.05) is 69.9 Å². The summed E-state index contributed by atoms with van der Waals surface area (Å²) in [4.78, 5) is 26.2. The predicted molar refractivity (Wildman–Crippen MR) is 168 cm³/mol. The Labute approximate surface area is 253 Å². The van der Waals surface area contributed by atoms with Crippen LogP contribution < -0.4 is 29.7 Å². The maximum Gasteiger partial charge on any atom is 0.321 e. The summed E-state index contributed by atoms with van der Waals surface area (Å²) in [5, 5.41) is 7.48. The number of amides is 2. The van der Waals surface area contributed by atoms with Crippen LogP contribution in [0.4, 0.5) is 16.3 Å². The van der Waals surface area contributed by atoms with Gasteiger partial charge in [-0.3, -0.25) is 0 Å². The number of benzene rings is 2. The Morgan fingerprint density at radius 1 is 1.00 bits per heavy atom. The summed E-state index contributed by atoms with van der Waals surface area (Å²) in [7, 11) is 1.65. The van der Waals surface area contributed by atoms with Crippen molar-refractivity contribution in [3.8, 4) is 17.2 Å². The quantitative estimate of drug-likeness (QED) is 0.289. The zero-order valence-electron chi connectivity index (χ0n) is 25.5. The van der Waals surface area contributed by atoms with Gasteiger partial charge in [-0.1, -0.05) is 6.42 Å². The van der Waals surface area contributed by atoms with Gasteiger partial charge in [0.1, 0.15) is 24.5 Å². The average Bonchev–Trinajstić information content (AvgIpc) is 3.02. The number of piperazine rings is 1. The summed E-state index contributed by atoms with van der Waals surface area (Å²) in [5.41, 5.74) is 1.52. The maximum atomic E-state index is 13.0. The minimum Gasteiger partial charge on any atom is -0.491 e. The van der Waals surface area contributed by atoms with Crippen LogP contribution in [0.15, 0.2) is 42.7 Å². The first-order valence-corrected chi connectivity index (χ1v) is 15.3. The molecule has 2 saturated heterocycles. The van der Waals surface area contributed by atoms with Crippen LogP contribution in [0.25, 0.3) is 10.9 Å². The van der Waals surface area contributed by atoms with Crippen LogP contribution in [0.5, 0.6) is 17.2 Å². The molecule has 3 aromatic rings. The van der Waals surface area contributed by atoms with Gasteiger partial charge in [0.2, 0.25) is 0 Å². The molecular formula is C32H44N6O5. The van der Waals surface area contributed by atoms with Crippen molar-refractivity contribution in [1.29, 1.82) is 0 Å². The number of hydrogen-bond acceptors (Lipinski definition) is 9. The lowest BCUT2D eigenvalue weighted by Crippen LogP contribution is -2.50. The van der Waals surface area contributed by atoms with Gasteiger partial charge in [0.25, 0.3) is 0 Å². The van der Waals surface area contributed by atoms with Crippen molar-refractivity contribution < 1.29 is 23.7 Å². The number of nitrogens with one attached hydrogen (secondary N) is 2. The summed E-state index contributed by atoms with van der Waals surface area (Å²) in [5.74, 6) is 2.93. The normalized spacial score (nSPS) is 17.3.